The zero-order valence-corrected chi connectivity index (χ0v) is 13.0. The van der Waals surface area contributed by atoms with Gasteiger partial charge in [0.1, 0.15) is 0 Å². The van der Waals surface area contributed by atoms with Crippen molar-refractivity contribution in [2.45, 2.75) is 39.9 Å². The molecule has 0 radical (unpaired) electrons. The van der Waals surface area contributed by atoms with Crippen LogP contribution in [-0.2, 0) is 13.6 Å². The molecule has 0 saturated heterocycles. The molecule has 0 saturated carbocycles. The molecule has 0 spiro atoms. The van der Waals surface area contributed by atoms with E-state index in [2.05, 4.69) is 15.9 Å². The maximum absolute atomic E-state index is 12.7. The lowest BCUT2D eigenvalue weighted by Crippen LogP contribution is -2.16. The Kier molecular flexibility index (Phi) is 5.39. The van der Waals surface area contributed by atoms with E-state index in [-0.39, 0.29) is 12.2 Å². The Balaban J connectivity index is 3.05. The Labute approximate surface area is 111 Å². The molecule has 0 bridgehead atoms. The molecule has 0 atom stereocenters. The zero-order chi connectivity index (χ0) is 13.1. The summed E-state index contributed by atoms with van der Waals surface area (Å²) in [6.07, 6.45) is -0.300. The molecule has 0 N–H and O–H groups in total. The van der Waals surface area contributed by atoms with Gasteiger partial charge in [0.05, 0.1) is 17.5 Å². The molecule has 0 aromatic heterocycles. The Hall–Kier alpha value is -0.150. The molecular formula is C12H18BrO3P. The third kappa shape index (κ3) is 4.55. The normalized spacial score (nSPS) is 12.4. The molecule has 96 valence electrons. The van der Waals surface area contributed by atoms with Crippen LogP contribution in [0.2, 0.25) is 0 Å². The fourth-order valence-electron chi connectivity index (χ4n) is 1.33. The first-order chi connectivity index (χ1) is 7.83. The van der Waals surface area contributed by atoms with E-state index in [1.165, 1.54) is 0 Å². The molecule has 0 heterocycles. The first kappa shape index (κ1) is 14.9. The maximum Gasteiger partial charge on any atom is 0.361 e. The van der Waals surface area contributed by atoms with E-state index in [4.69, 9.17) is 9.05 Å². The van der Waals surface area contributed by atoms with E-state index >= 15 is 0 Å². The summed E-state index contributed by atoms with van der Waals surface area (Å²) < 4.78 is 24.6. The lowest BCUT2D eigenvalue weighted by molar-refractivity contribution is 0.150. The Morgan fingerprint density at radius 1 is 1.00 bits per heavy atom. The van der Waals surface area contributed by atoms with Crippen LogP contribution in [0.5, 0.6) is 0 Å². The molecule has 0 fully saturated rings. The Bertz CT molecular complexity index is 387. The molecule has 17 heavy (non-hydrogen) atoms. The number of hydrogen-bond donors (Lipinski definition) is 0. The highest BCUT2D eigenvalue weighted by atomic mass is 79.9. The van der Waals surface area contributed by atoms with Crippen molar-refractivity contribution in [3.63, 3.8) is 0 Å². The smallest absolute Gasteiger partial charge is 0.302 e. The zero-order valence-electron chi connectivity index (χ0n) is 10.5. The quantitative estimate of drug-likeness (QED) is 0.766. The van der Waals surface area contributed by atoms with Crippen LogP contribution < -0.4 is 5.30 Å². The second-order valence-electron chi connectivity index (χ2n) is 4.28. The summed E-state index contributed by atoms with van der Waals surface area (Å²) in [6, 6.07) is 7.18. The van der Waals surface area contributed by atoms with Crippen molar-refractivity contribution in [1.29, 1.82) is 0 Å². The van der Waals surface area contributed by atoms with Crippen molar-refractivity contribution in [2.75, 3.05) is 0 Å². The van der Waals surface area contributed by atoms with Crippen LogP contribution >= 0.6 is 23.5 Å². The Morgan fingerprint density at radius 2 is 1.41 bits per heavy atom. The van der Waals surface area contributed by atoms with Crippen molar-refractivity contribution < 1.29 is 13.6 Å². The molecule has 0 unspecified atom stereocenters. The minimum absolute atomic E-state index is 0.150. The van der Waals surface area contributed by atoms with Crippen molar-refractivity contribution in [3.05, 3.63) is 28.7 Å². The SMILES string of the molecule is CC(C)OP(=O)(OC(C)C)c1ccc(Br)cc1. The summed E-state index contributed by atoms with van der Waals surface area (Å²) >= 11 is 3.34. The van der Waals surface area contributed by atoms with Crippen molar-refractivity contribution in [2.24, 2.45) is 0 Å². The van der Waals surface area contributed by atoms with Gasteiger partial charge in [0.15, 0.2) is 0 Å². The fourth-order valence-corrected chi connectivity index (χ4v) is 3.51. The number of hydrogen-bond acceptors (Lipinski definition) is 3. The molecule has 3 nitrogen and oxygen atoms in total. The van der Waals surface area contributed by atoms with E-state index in [9.17, 15) is 4.57 Å². The van der Waals surface area contributed by atoms with Gasteiger partial charge in [-0.15, -0.1) is 0 Å². The van der Waals surface area contributed by atoms with Gasteiger partial charge in [0.25, 0.3) is 0 Å². The lowest BCUT2D eigenvalue weighted by atomic mass is 10.4. The third-order valence-corrected chi connectivity index (χ3v) is 4.70. The van der Waals surface area contributed by atoms with Gasteiger partial charge in [0, 0.05) is 4.47 Å². The lowest BCUT2D eigenvalue weighted by Gasteiger charge is -2.22. The molecule has 1 rings (SSSR count). The van der Waals surface area contributed by atoms with Gasteiger partial charge in [0.2, 0.25) is 0 Å². The third-order valence-electron chi connectivity index (χ3n) is 1.84. The van der Waals surface area contributed by atoms with Crippen LogP contribution in [0.1, 0.15) is 27.7 Å². The molecule has 0 aliphatic heterocycles. The monoisotopic (exact) mass is 320 g/mol. The molecule has 0 aliphatic rings. The summed E-state index contributed by atoms with van der Waals surface area (Å²) in [5.41, 5.74) is 0. The van der Waals surface area contributed by atoms with Crippen LogP contribution in [0.15, 0.2) is 28.7 Å². The average Bonchev–Trinajstić information content (AvgIpc) is 2.15. The topological polar surface area (TPSA) is 35.5 Å². The van der Waals surface area contributed by atoms with Crippen LogP contribution in [0.25, 0.3) is 0 Å². The molecular weight excluding hydrogens is 303 g/mol. The second kappa shape index (κ2) is 6.14. The largest absolute Gasteiger partial charge is 0.361 e. The van der Waals surface area contributed by atoms with Crippen molar-refractivity contribution in [1.82, 2.24) is 0 Å². The molecule has 5 heteroatoms. The van der Waals surface area contributed by atoms with Gasteiger partial charge in [-0.05, 0) is 52.0 Å². The predicted molar refractivity (Wildman–Crippen MR) is 73.8 cm³/mol. The summed E-state index contributed by atoms with van der Waals surface area (Å²) in [5.74, 6) is 0. The number of halogens is 1. The van der Waals surface area contributed by atoms with E-state index in [1.54, 1.807) is 12.1 Å². The molecule has 1 aromatic carbocycles. The van der Waals surface area contributed by atoms with Crippen molar-refractivity contribution in [3.8, 4) is 0 Å². The minimum atomic E-state index is -3.22. The highest BCUT2D eigenvalue weighted by Gasteiger charge is 2.30. The van der Waals surface area contributed by atoms with E-state index < -0.39 is 7.60 Å². The first-order valence-electron chi connectivity index (χ1n) is 5.56. The van der Waals surface area contributed by atoms with E-state index in [1.807, 2.05) is 39.8 Å². The fraction of sp³-hybridized carbons (Fsp3) is 0.500. The summed E-state index contributed by atoms with van der Waals surface area (Å²) in [5, 5.41) is 0.586. The van der Waals surface area contributed by atoms with Gasteiger partial charge >= 0.3 is 7.60 Å². The van der Waals surface area contributed by atoms with Gasteiger partial charge in [-0.1, -0.05) is 15.9 Å². The van der Waals surface area contributed by atoms with E-state index in [0.29, 0.717) is 5.30 Å². The second-order valence-corrected chi connectivity index (χ2v) is 7.13. The van der Waals surface area contributed by atoms with Gasteiger partial charge < -0.3 is 9.05 Å². The van der Waals surface area contributed by atoms with Gasteiger partial charge in [-0.3, -0.25) is 4.57 Å². The first-order valence-corrected chi connectivity index (χ1v) is 7.90. The van der Waals surface area contributed by atoms with Crippen LogP contribution in [-0.4, -0.2) is 12.2 Å². The minimum Gasteiger partial charge on any atom is -0.302 e. The van der Waals surface area contributed by atoms with E-state index in [0.717, 1.165) is 4.47 Å². The average molecular weight is 321 g/mol. The number of benzene rings is 1. The molecule has 1 aromatic rings. The highest BCUT2D eigenvalue weighted by Crippen LogP contribution is 2.49. The van der Waals surface area contributed by atoms with Crippen molar-refractivity contribution >= 4 is 28.8 Å². The summed E-state index contributed by atoms with van der Waals surface area (Å²) in [7, 11) is -3.22. The summed E-state index contributed by atoms with van der Waals surface area (Å²) in [6.45, 7) is 7.37. The number of rotatable bonds is 5. The van der Waals surface area contributed by atoms with Crippen LogP contribution in [0, 0.1) is 0 Å². The molecule has 0 amide bonds. The van der Waals surface area contributed by atoms with Gasteiger partial charge in [-0.2, -0.15) is 0 Å². The van der Waals surface area contributed by atoms with Gasteiger partial charge in [-0.25, -0.2) is 0 Å². The molecule has 0 aliphatic carbocycles. The van der Waals surface area contributed by atoms with Crippen LogP contribution in [0.4, 0.5) is 0 Å². The standard InChI is InChI=1S/C12H18BrO3P/c1-9(2)15-17(14,16-10(3)4)12-7-5-11(13)6-8-12/h5-10H,1-4H3. The summed E-state index contributed by atoms with van der Waals surface area (Å²) in [4.78, 5) is 0. The highest BCUT2D eigenvalue weighted by molar-refractivity contribution is 9.10. The predicted octanol–water partition coefficient (Wildman–Crippen LogP) is 4.12. The Morgan fingerprint density at radius 3 is 1.76 bits per heavy atom. The maximum atomic E-state index is 12.7. The van der Waals surface area contributed by atoms with Crippen LogP contribution in [0.3, 0.4) is 0 Å².